The Morgan fingerprint density at radius 3 is 2.44 bits per heavy atom. The molecule has 27 heavy (non-hydrogen) atoms. The lowest BCUT2D eigenvalue weighted by molar-refractivity contribution is -0.120. The number of carbonyl (C=O) groups is 2. The lowest BCUT2D eigenvalue weighted by atomic mass is 10.1. The zero-order chi connectivity index (χ0) is 19.6. The molecule has 0 aliphatic carbocycles. The third-order valence-electron chi connectivity index (χ3n) is 3.55. The van der Waals surface area contributed by atoms with E-state index in [2.05, 4.69) is 26.6 Å². The van der Waals surface area contributed by atoms with Gasteiger partial charge in [-0.25, -0.2) is 0 Å². The highest BCUT2D eigenvalue weighted by Crippen LogP contribution is 2.28. The first kappa shape index (κ1) is 20.8. The maximum atomic E-state index is 11.9. The van der Waals surface area contributed by atoms with Crippen LogP contribution >= 0.6 is 15.9 Å². The van der Waals surface area contributed by atoms with Crippen molar-refractivity contribution in [3.8, 4) is 11.5 Å². The van der Waals surface area contributed by atoms with Gasteiger partial charge in [0.25, 0.3) is 5.91 Å². The van der Waals surface area contributed by atoms with Crippen LogP contribution in [0.25, 0.3) is 0 Å². The second kappa shape index (κ2) is 10.6. The van der Waals surface area contributed by atoms with E-state index in [0.717, 1.165) is 5.56 Å². The van der Waals surface area contributed by atoms with Crippen molar-refractivity contribution in [2.24, 2.45) is 0 Å². The molecule has 0 aliphatic heterocycles. The van der Waals surface area contributed by atoms with Crippen molar-refractivity contribution in [3.05, 3.63) is 46.3 Å². The van der Waals surface area contributed by atoms with E-state index in [4.69, 9.17) is 13.9 Å². The van der Waals surface area contributed by atoms with E-state index in [0.29, 0.717) is 42.3 Å². The molecule has 2 aromatic rings. The van der Waals surface area contributed by atoms with Crippen LogP contribution in [0.5, 0.6) is 11.5 Å². The average molecular weight is 439 g/mol. The quantitative estimate of drug-likeness (QED) is 0.594. The van der Waals surface area contributed by atoms with Crippen LogP contribution in [0, 0.1) is 0 Å². The highest BCUT2D eigenvalue weighted by Gasteiger charge is 2.12. The maximum absolute atomic E-state index is 11.9. The van der Waals surface area contributed by atoms with Crippen LogP contribution in [-0.4, -0.2) is 38.1 Å². The molecule has 0 atom stereocenters. The summed E-state index contributed by atoms with van der Waals surface area (Å²) in [7, 11) is 0. The minimum absolute atomic E-state index is 0.120. The second-order valence-corrected chi connectivity index (χ2v) is 6.32. The van der Waals surface area contributed by atoms with Crippen molar-refractivity contribution in [1.29, 1.82) is 0 Å². The number of hydrogen-bond acceptors (Lipinski definition) is 5. The fraction of sp³-hybridized carbons (Fsp3) is 0.368. The van der Waals surface area contributed by atoms with Gasteiger partial charge in [0, 0.05) is 6.54 Å². The molecule has 0 bridgehead atoms. The van der Waals surface area contributed by atoms with Crippen LogP contribution in [0.15, 0.2) is 39.4 Å². The standard InChI is InChI=1S/C19H23BrN2O5/c1-3-25-14-6-5-13(11-16(14)26-4-2)9-10-21-18(23)12-22-19(24)15-7-8-17(20)27-15/h5-8,11H,3-4,9-10,12H2,1-2H3,(H,21,23)(H,22,24). The van der Waals surface area contributed by atoms with Gasteiger partial charge in [0.15, 0.2) is 21.9 Å². The molecule has 146 valence electrons. The fourth-order valence-electron chi connectivity index (χ4n) is 2.34. The summed E-state index contributed by atoms with van der Waals surface area (Å²) >= 11 is 3.12. The van der Waals surface area contributed by atoms with Gasteiger partial charge >= 0.3 is 0 Å². The molecular weight excluding hydrogens is 416 g/mol. The molecule has 2 amide bonds. The number of hydrogen-bond donors (Lipinski definition) is 2. The third kappa shape index (κ3) is 6.63. The van der Waals surface area contributed by atoms with Gasteiger partial charge in [0.1, 0.15) is 0 Å². The summed E-state index contributed by atoms with van der Waals surface area (Å²) in [6.07, 6.45) is 0.636. The number of furan rings is 1. The predicted molar refractivity (Wildman–Crippen MR) is 104 cm³/mol. The summed E-state index contributed by atoms with van der Waals surface area (Å²) in [5.41, 5.74) is 1.02. The van der Waals surface area contributed by atoms with Crippen LogP contribution in [0.1, 0.15) is 30.0 Å². The second-order valence-electron chi connectivity index (χ2n) is 5.53. The third-order valence-corrected chi connectivity index (χ3v) is 3.98. The smallest absolute Gasteiger partial charge is 0.287 e. The maximum Gasteiger partial charge on any atom is 0.287 e. The SMILES string of the molecule is CCOc1ccc(CCNC(=O)CNC(=O)c2ccc(Br)o2)cc1OCC. The first-order valence-corrected chi connectivity index (χ1v) is 9.51. The summed E-state index contributed by atoms with van der Waals surface area (Å²) in [6, 6.07) is 8.86. The topological polar surface area (TPSA) is 89.8 Å². The molecule has 1 aromatic carbocycles. The molecule has 1 aromatic heterocycles. The monoisotopic (exact) mass is 438 g/mol. The minimum Gasteiger partial charge on any atom is -0.490 e. The van der Waals surface area contributed by atoms with E-state index < -0.39 is 5.91 Å². The number of rotatable bonds is 10. The van der Waals surface area contributed by atoms with E-state index in [1.807, 2.05) is 32.0 Å². The molecule has 0 radical (unpaired) electrons. The number of benzene rings is 1. The van der Waals surface area contributed by atoms with Crippen LogP contribution in [-0.2, 0) is 11.2 Å². The molecular formula is C19H23BrN2O5. The van der Waals surface area contributed by atoms with Gasteiger partial charge in [-0.15, -0.1) is 0 Å². The molecule has 2 rings (SSSR count). The molecule has 7 nitrogen and oxygen atoms in total. The summed E-state index contributed by atoms with van der Waals surface area (Å²) in [4.78, 5) is 23.7. The van der Waals surface area contributed by atoms with E-state index in [9.17, 15) is 9.59 Å². The number of ether oxygens (including phenoxy) is 2. The Labute approximate surface area is 166 Å². The van der Waals surface area contributed by atoms with E-state index in [-0.39, 0.29) is 18.2 Å². The van der Waals surface area contributed by atoms with Gasteiger partial charge in [0.05, 0.1) is 19.8 Å². The number of carbonyl (C=O) groups excluding carboxylic acids is 2. The van der Waals surface area contributed by atoms with Crippen molar-refractivity contribution in [3.63, 3.8) is 0 Å². The van der Waals surface area contributed by atoms with E-state index in [1.54, 1.807) is 6.07 Å². The van der Waals surface area contributed by atoms with Crippen molar-refractivity contribution in [1.82, 2.24) is 10.6 Å². The molecule has 0 saturated carbocycles. The van der Waals surface area contributed by atoms with Crippen LogP contribution < -0.4 is 20.1 Å². The largest absolute Gasteiger partial charge is 0.490 e. The van der Waals surface area contributed by atoms with Crippen molar-refractivity contribution in [2.45, 2.75) is 20.3 Å². The van der Waals surface area contributed by atoms with Gasteiger partial charge in [-0.1, -0.05) is 6.07 Å². The highest BCUT2D eigenvalue weighted by atomic mass is 79.9. The molecule has 0 spiro atoms. The van der Waals surface area contributed by atoms with Gasteiger partial charge in [-0.2, -0.15) is 0 Å². The molecule has 0 unspecified atom stereocenters. The Morgan fingerprint density at radius 1 is 1.04 bits per heavy atom. The van der Waals surface area contributed by atoms with E-state index >= 15 is 0 Å². The van der Waals surface area contributed by atoms with Crippen molar-refractivity contribution >= 4 is 27.7 Å². The Hall–Kier alpha value is -2.48. The Morgan fingerprint density at radius 2 is 1.78 bits per heavy atom. The number of halogens is 1. The lowest BCUT2D eigenvalue weighted by Crippen LogP contribution is -2.37. The molecule has 1 heterocycles. The summed E-state index contributed by atoms with van der Waals surface area (Å²) in [5, 5.41) is 5.27. The Balaban J connectivity index is 1.77. The number of nitrogens with one attached hydrogen (secondary N) is 2. The van der Waals surface area contributed by atoms with Crippen LogP contribution in [0.2, 0.25) is 0 Å². The van der Waals surface area contributed by atoms with Gasteiger partial charge in [-0.05, 0) is 66.0 Å². The molecule has 0 fully saturated rings. The normalized spacial score (nSPS) is 10.3. The van der Waals surface area contributed by atoms with Gasteiger partial charge in [0.2, 0.25) is 5.91 Å². The Bertz CT molecular complexity index is 775. The first-order chi connectivity index (χ1) is 13.0. The highest BCUT2D eigenvalue weighted by molar-refractivity contribution is 9.10. The lowest BCUT2D eigenvalue weighted by Gasteiger charge is -2.12. The molecule has 2 N–H and O–H groups in total. The van der Waals surface area contributed by atoms with Gasteiger partial charge < -0.3 is 24.5 Å². The molecule has 0 aliphatic rings. The van der Waals surface area contributed by atoms with Crippen molar-refractivity contribution in [2.75, 3.05) is 26.3 Å². The Kier molecular flexibility index (Phi) is 8.19. The predicted octanol–water partition coefficient (Wildman–Crippen LogP) is 2.93. The average Bonchev–Trinajstić information content (AvgIpc) is 3.08. The summed E-state index contributed by atoms with van der Waals surface area (Å²) in [5.74, 6) is 0.834. The van der Waals surface area contributed by atoms with Crippen molar-refractivity contribution < 1.29 is 23.5 Å². The number of amides is 2. The molecule has 0 saturated heterocycles. The minimum atomic E-state index is -0.441. The summed E-state index contributed by atoms with van der Waals surface area (Å²) < 4.78 is 16.7. The zero-order valence-corrected chi connectivity index (χ0v) is 16.9. The van der Waals surface area contributed by atoms with E-state index in [1.165, 1.54) is 6.07 Å². The van der Waals surface area contributed by atoms with Crippen LogP contribution in [0.3, 0.4) is 0 Å². The summed E-state index contributed by atoms with van der Waals surface area (Å²) in [6.45, 7) is 5.27. The van der Waals surface area contributed by atoms with Crippen LogP contribution in [0.4, 0.5) is 0 Å². The molecule has 8 heteroatoms. The fourth-order valence-corrected chi connectivity index (χ4v) is 2.65. The zero-order valence-electron chi connectivity index (χ0n) is 15.3. The first-order valence-electron chi connectivity index (χ1n) is 8.72. The van der Waals surface area contributed by atoms with Gasteiger partial charge in [-0.3, -0.25) is 9.59 Å².